The fraction of sp³-hybridized carbons (Fsp3) is 0.263. The fourth-order valence-corrected chi connectivity index (χ4v) is 4.33. The van der Waals surface area contributed by atoms with Crippen LogP contribution in [0.15, 0.2) is 53.5 Å². The summed E-state index contributed by atoms with van der Waals surface area (Å²) < 4.78 is 0. The van der Waals surface area contributed by atoms with Crippen molar-refractivity contribution < 1.29 is 4.79 Å². The number of aryl methyl sites for hydroxylation is 1. The van der Waals surface area contributed by atoms with E-state index in [0.29, 0.717) is 15.9 Å². The molecule has 0 bridgehead atoms. The van der Waals surface area contributed by atoms with Gasteiger partial charge in [-0.15, -0.1) is 0 Å². The number of thioether (sulfide) groups is 1. The van der Waals surface area contributed by atoms with Crippen LogP contribution in [0.1, 0.15) is 24.0 Å². The number of anilines is 1. The van der Waals surface area contributed by atoms with Gasteiger partial charge < -0.3 is 0 Å². The molecule has 0 radical (unpaired) electrons. The molecular formula is C19H18ClN3OS. The molecule has 4 nitrogen and oxygen atoms in total. The van der Waals surface area contributed by atoms with Crippen molar-refractivity contribution in [3.8, 4) is 0 Å². The number of hydrogen-bond acceptors (Lipinski definition) is 4. The zero-order valence-electron chi connectivity index (χ0n) is 13.8. The highest BCUT2D eigenvalue weighted by molar-refractivity contribution is 8.13. The van der Waals surface area contributed by atoms with Crippen molar-refractivity contribution in [2.45, 2.75) is 24.8 Å². The lowest BCUT2D eigenvalue weighted by Gasteiger charge is -2.32. The van der Waals surface area contributed by atoms with Gasteiger partial charge in [0.25, 0.3) is 5.91 Å². The van der Waals surface area contributed by atoms with Gasteiger partial charge in [0.05, 0.1) is 10.7 Å². The van der Waals surface area contributed by atoms with E-state index in [1.54, 1.807) is 11.1 Å². The van der Waals surface area contributed by atoms with Gasteiger partial charge in [0.15, 0.2) is 10.7 Å². The molecule has 1 atom stereocenters. The number of benzene rings is 2. The Labute approximate surface area is 156 Å². The number of fused-ring (bicyclic) bond motifs is 2. The maximum Gasteiger partial charge on any atom is 0.280 e. The van der Waals surface area contributed by atoms with Gasteiger partial charge in [0.2, 0.25) is 0 Å². The topological polar surface area (TPSA) is 44.7 Å². The summed E-state index contributed by atoms with van der Waals surface area (Å²) in [6.07, 6.45) is 4.61. The molecule has 25 heavy (non-hydrogen) atoms. The van der Waals surface area contributed by atoms with Gasteiger partial charge in [0.1, 0.15) is 0 Å². The minimum absolute atomic E-state index is 0.0380. The zero-order chi connectivity index (χ0) is 17.4. The van der Waals surface area contributed by atoms with Crippen LogP contribution in [0.3, 0.4) is 0 Å². The highest BCUT2D eigenvalue weighted by Crippen LogP contribution is 2.44. The Balaban J connectivity index is 1.75. The van der Waals surface area contributed by atoms with Crippen LogP contribution in [-0.4, -0.2) is 22.3 Å². The molecule has 1 unspecified atom stereocenters. The second-order valence-corrected chi connectivity index (χ2v) is 7.38. The molecule has 1 aliphatic carbocycles. The van der Waals surface area contributed by atoms with E-state index in [0.717, 1.165) is 24.8 Å². The quantitative estimate of drug-likeness (QED) is 0.847. The Morgan fingerprint density at radius 2 is 1.96 bits per heavy atom. The average molecular weight is 372 g/mol. The van der Waals surface area contributed by atoms with Crippen molar-refractivity contribution in [2.75, 3.05) is 11.7 Å². The third-order valence-corrected chi connectivity index (χ3v) is 5.74. The fourth-order valence-electron chi connectivity index (χ4n) is 3.59. The summed E-state index contributed by atoms with van der Waals surface area (Å²) in [6.45, 7) is 0. The molecule has 1 heterocycles. The van der Waals surface area contributed by atoms with Crippen LogP contribution >= 0.6 is 23.4 Å². The van der Waals surface area contributed by atoms with Gasteiger partial charge in [-0.05, 0) is 48.8 Å². The number of nitrogens with zero attached hydrogens (tertiary/aromatic N) is 2. The Morgan fingerprint density at radius 3 is 2.76 bits per heavy atom. The normalized spacial score (nSPS) is 22.1. The average Bonchev–Trinajstić information content (AvgIpc) is 2.90. The largest absolute Gasteiger partial charge is 0.288 e. The van der Waals surface area contributed by atoms with Crippen LogP contribution in [0.2, 0.25) is 5.02 Å². The highest BCUT2D eigenvalue weighted by Gasteiger charge is 2.51. The third kappa shape index (κ3) is 2.62. The van der Waals surface area contributed by atoms with Crippen LogP contribution in [-0.2, 0) is 16.8 Å². The SMILES string of the molecule is CSC1=NC2(CCCc3ccccc32)C(=O)N1Nc1ccccc1Cl. The van der Waals surface area contributed by atoms with E-state index in [4.69, 9.17) is 16.6 Å². The molecule has 1 N–H and O–H groups in total. The number of hydrogen-bond donors (Lipinski definition) is 1. The van der Waals surface area contributed by atoms with Gasteiger partial charge in [-0.2, -0.15) is 5.01 Å². The van der Waals surface area contributed by atoms with Crippen LogP contribution in [0.4, 0.5) is 5.69 Å². The highest BCUT2D eigenvalue weighted by atomic mass is 35.5. The Hall–Kier alpha value is -1.98. The maximum atomic E-state index is 13.4. The molecule has 1 amide bonds. The van der Waals surface area contributed by atoms with E-state index in [-0.39, 0.29) is 5.91 Å². The van der Waals surface area contributed by atoms with Gasteiger partial charge in [0, 0.05) is 0 Å². The number of rotatable bonds is 2. The molecule has 2 aromatic rings. The molecule has 2 aromatic carbocycles. The number of para-hydroxylation sites is 1. The number of carbonyl (C=O) groups excluding carboxylic acids is 1. The predicted molar refractivity (Wildman–Crippen MR) is 104 cm³/mol. The van der Waals surface area contributed by atoms with Gasteiger partial charge in [-0.1, -0.05) is 59.8 Å². The zero-order valence-corrected chi connectivity index (χ0v) is 15.4. The van der Waals surface area contributed by atoms with Crippen molar-refractivity contribution in [2.24, 2.45) is 4.99 Å². The van der Waals surface area contributed by atoms with Crippen LogP contribution in [0.5, 0.6) is 0 Å². The number of carbonyl (C=O) groups is 1. The Bertz CT molecular complexity index is 869. The smallest absolute Gasteiger partial charge is 0.280 e. The first-order chi connectivity index (χ1) is 12.2. The number of amidine groups is 1. The Morgan fingerprint density at radius 1 is 1.20 bits per heavy atom. The molecule has 1 aliphatic heterocycles. The van der Waals surface area contributed by atoms with Crippen molar-refractivity contribution in [1.29, 1.82) is 0 Å². The summed E-state index contributed by atoms with van der Waals surface area (Å²) in [6, 6.07) is 15.5. The van der Waals surface area contributed by atoms with E-state index < -0.39 is 5.54 Å². The summed E-state index contributed by atoms with van der Waals surface area (Å²) in [4.78, 5) is 18.3. The molecule has 128 valence electrons. The first kappa shape index (κ1) is 16.5. The predicted octanol–water partition coefficient (Wildman–Crippen LogP) is 4.46. The van der Waals surface area contributed by atoms with Crippen molar-refractivity contribution in [3.63, 3.8) is 0 Å². The molecule has 0 fully saturated rings. The number of amides is 1. The minimum atomic E-state index is -0.818. The van der Waals surface area contributed by atoms with Gasteiger partial charge in [-0.25, -0.2) is 4.99 Å². The van der Waals surface area contributed by atoms with Crippen molar-refractivity contribution in [3.05, 3.63) is 64.7 Å². The minimum Gasteiger partial charge on any atom is -0.288 e. The molecule has 1 spiro atoms. The monoisotopic (exact) mass is 371 g/mol. The van der Waals surface area contributed by atoms with E-state index in [2.05, 4.69) is 11.5 Å². The molecule has 6 heteroatoms. The van der Waals surface area contributed by atoms with Crippen LogP contribution in [0.25, 0.3) is 0 Å². The summed E-state index contributed by atoms with van der Waals surface area (Å²) in [5.41, 5.74) is 5.28. The first-order valence-electron chi connectivity index (χ1n) is 8.24. The molecular weight excluding hydrogens is 354 g/mol. The lowest BCUT2D eigenvalue weighted by molar-refractivity contribution is -0.131. The summed E-state index contributed by atoms with van der Waals surface area (Å²) in [5, 5.41) is 2.79. The first-order valence-corrected chi connectivity index (χ1v) is 9.84. The molecule has 4 rings (SSSR count). The number of halogens is 1. The van der Waals surface area contributed by atoms with Gasteiger partial charge in [-0.3, -0.25) is 10.2 Å². The number of hydrazine groups is 1. The second kappa shape index (κ2) is 6.39. The number of aliphatic imine (C=N–C) groups is 1. The molecule has 0 saturated carbocycles. The lowest BCUT2D eigenvalue weighted by Crippen LogP contribution is -2.45. The molecule has 0 saturated heterocycles. The number of nitrogens with one attached hydrogen (secondary N) is 1. The van der Waals surface area contributed by atoms with E-state index in [1.807, 2.05) is 42.7 Å². The summed E-state index contributed by atoms with van der Waals surface area (Å²) >= 11 is 7.71. The van der Waals surface area contributed by atoms with Crippen LogP contribution < -0.4 is 5.43 Å². The van der Waals surface area contributed by atoms with E-state index in [1.165, 1.54) is 17.3 Å². The van der Waals surface area contributed by atoms with Gasteiger partial charge >= 0.3 is 0 Å². The summed E-state index contributed by atoms with van der Waals surface area (Å²) in [7, 11) is 0. The molecule has 2 aliphatic rings. The third-order valence-electron chi connectivity index (χ3n) is 4.77. The van der Waals surface area contributed by atoms with Crippen molar-refractivity contribution in [1.82, 2.24) is 5.01 Å². The summed E-state index contributed by atoms with van der Waals surface area (Å²) in [5.74, 6) is -0.0380. The Kier molecular flexibility index (Phi) is 4.21. The van der Waals surface area contributed by atoms with Crippen LogP contribution in [0, 0.1) is 0 Å². The van der Waals surface area contributed by atoms with E-state index >= 15 is 0 Å². The molecule has 0 aromatic heterocycles. The maximum absolute atomic E-state index is 13.4. The van der Waals surface area contributed by atoms with Crippen molar-refractivity contribution >= 4 is 40.1 Å². The second-order valence-electron chi connectivity index (χ2n) is 6.20. The lowest BCUT2D eigenvalue weighted by atomic mass is 9.76. The standard InChI is InChI=1S/C19H18ClN3OS/c1-25-18-21-19(12-6-8-13-7-2-3-9-14(13)19)17(24)23(18)22-16-11-5-4-10-15(16)20/h2-5,7,9-11,22H,6,8,12H2,1H3. The van der Waals surface area contributed by atoms with E-state index in [9.17, 15) is 4.79 Å².